The van der Waals surface area contributed by atoms with Gasteiger partial charge >= 0.3 is 90.8 Å². The van der Waals surface area contributed by atoms with Crippen LogP contribution in [-0.2, 0) is 0 Å². The summed E-state index contributed by atoms with van der Waals surface area (Å²) in [6.45, 7) is 0. The van der Waals surface area contributed by atoms with Crippen LogP contribution in [0.3, 0.4) is 0 Å². The zero-order valence-electron chi connectivity index (χ0n) is 4.42. The molecule has 0 aliphatic heterocycles. The molecule has 8 heteroatoms. The van der Waals surface area contributed by atoms with Crippen LogP contribution < -0.4 is 0 Å². The van der Waals surface area contributed by atoms with Gasteiger partial charge in [0.2, 0.25) is 0 Å². The average molecular weight is 384 g/mol. The SMILES string of the molecule is [Cl][Ge]([Cl])([Cl])[CH]=[CH][Ge]([Cl])([Cl])[Cl]. The molecule has 0 saturated heterocycles. The molecule has 10 heavy (non-hydrogen) atoms. The van der Waals surface area contributed by atoms with Crippen LogP contribution in [0, 0.1) is 0 Å². The maximum atomic E-state index is 5.52. The van der Waals surface area contributed by atoms with Crippen molar-refractivity contribution in [2.75, 3.05) is 0 Å². The molecule has 60 valence electrons. The van der Waals surface area contributed by atoms with Gasteiger partial charge in [-0.2, -0.15) is 0 Å². The fraction of sp³-hybridized carbons (Fsp3) is 0. The van der Waals surface area contributed by atoms with Gasteiger partial charge in [-0.05, 0) is 0 Å². The molecule has 0 nitrogen and oxygen atoms in total. The minimum atomic E-state index is -3.18. The molecule has 0 aromatic carbocycles. The fourth-order valence-corrected chi connectivity index (χ4v) is 15.3. The summed E-state index contributed by atoms with van der Waals surface area (Å²) >= 11 is 0. The van der Waals surface area contributed by atoms with Gasteiger partial charge in [0.15, 0.2) is 0 Å². The summed E-state index contributed by atoms with van der Waals surface area (Å²) in [5.74, 6) is 0. The zero-order chi connectivity index (χ0) is 8.41. The van der Waals surface area contributed by atoms with Crippen molar-refractivity contribution in [3.8, 4) is 0 Å². The van der Waals surface area contributed by atoms with Crippen LogP contribution in [0.2, 0.25) is 0 Å². The van der Waals surface area contributed by atoms with Crippen LogP contribution in [0.15, 0.2) is 9.82 Å². The summed E-state index contributed by atoms with van der Waals surface area (Å²) in [5, 5.41) is 0. The predicted molar refractivity (Wildman–Crippen MR) is 55.8 cm³/mol. The molecule has 0 N–H and O–H groups in total. The van der Waals surface area contributed by atoms with Crippen molar-refractivity contribution in [2.45, 2.75) is 0 Å². The summed E-state index contributed by atoms with van der Waals surface area (Å²) in [7, 11) is 26.8. The van der Waals surface area contributed by atoms with Gasteiger partial charge in [0, 0.05) is 0 Å². The molecule has 0 heterocycles. The molecule has 0 fully saturated rings. The molecule has 0 unspecified atom stereocenters. The normalized spacial score (nSPS) is 14.6. The summed E-state index contributed by atoms with van der Waals surface area (Å²) < 4.78 is 0. The van der Waals surface area contributed by atoms with Gasteiger partial charge in [-0.15, -0.1) is 0 Å². The molecule has 0 aliphatic rings. The first-order chi connectivity index (χ1) is 4.21. The van der Waals surface area contributed by atoms with E-state index in [4.69, 9.17) is 60.1 Å². The van der Waals surface area contributed by atoms with E-state index < -0.39 is 21.0 Å². The van der Waals surface area contributed by atoms with Crippen LogP contribution in [0.5, 0.6) is 0 Å². The third-order valence-corrected chi connectivity index (χ3v) is 8.14. The molecule has 0 bridgehead atoms. The summed E-state index contributed by atoms with van der Waals surface area (Å²) in [4.78, 5) is 2.88. The van der Waals surface area contributed by atoms with Gasteiger partial charge in [0.1, 0.15) is 0 Å². The molecular weight excluding hydrogens is 382 g/mol. The van der Waals surface area contributed by atoms with Crippen molar-refractivity contribution in [3.05, 3.63) is 9.82 Å². The standard InChI is InChI=1S/C2H2Cl6Ge2/c3-9(4,5)1-2-10(6,7)8/h1-2H. The monoisotopic (exact) mass is 384 g/mol. The van der Waals surface area contributed by atoms with E-state index >= 15 is 0 Å². The van der Waals surface area contributed by atoms with E-state index in [1.54, 1.807) is 0 Å². The van der Waals surface area contributed by atoms with E-state index in [1.807, 2.05) is 0 Å². The first-order valence-electron chi connectivity index (χ1n) is 2.04. The van der Waals surface area contributed by atoms with Crippen molar-refractivity contribution in [1.29, 1.82) is 0 Å². The maximum absolute atomic E-state index is 5.52. The first-order valence-corrected chi connectivity index (χ1v) is 21.0. The number of rotatable bonds is 2. The van der Waals surface area contributed by atoms with Crippen LogP contribution in [0.4, 0.5) is 0 Å². The molecule has 0 spiro atoms. The van der Waals surface area contributed by atoms with E-state index in [0.29, 0.717) is 0 Å². The zero-order valence-corrected chi connectivity index (χ0v) is 13.2. The van der Waals surface area contributed by atoms with Crippen molar-refractivity contribution >= 4 is 81.0 Å². The molecule has 0 aliphatic carbocycles. The Balaban J connectivity index is 4.01. The van der Waals surface area contributed by atoms with E-state index in [-0.39, 0.29) is 0 Å². The van der Waals surface area contributed by atoms with Crippen molar-refractivity contribution in [1.82, 2.24) is 0 Å². The Morgan fingerprint density at radius 2 is 0.800 bits per heavy atom. The predicted octanol–water partition coefficient (Wildman–Crippen LogP) is 3.93. The Kier molecular flexibility index (Phi) is 5.91. The average Bonchev–Trinajstić information content (AvgIpc) is 1.57. The van der Waals surface area contributed by atoms with Crippen molar-refractivity contribution in [3.63, 3.8) is 0 Å². The van der Waals surface area contributed by atoms with Crippen LogP contribution in [-0.4, -0.2) is 21.0 Å². The Labute approximate surface area is 89.6 Å². The van der Waals surface area contributed by atoms with Gasteiger partial charge in [0.25, 0.3) is 0 Å². The number of hydrogen-bond acceptors (Lipinski definition) is 0. The summed E-state index contributed by atoms with van der Waals surface area (Å²) in [5.41, 5.74) is 0. The third-order valence-electron chi connectivity index (χ3n) is 0.461. The first kappa shape index (κ1) is 12.6. The fourth-order valence-electron chi connectivity index (χ4n) is 0.189. The molecule has 0 atom stereocenters. The van der Waals surface area contributed by atoms with E-state index in [9.17, 15) is 0 Å². The number of halogens is 6. The van der Waals surface area contributed by atoms with E-state index in [0.717, 1.165) is 0 Å². The molecule has 0 rings (SSSR count). The Bertz CT molecular complexity index is 114. The third kappa shape index (κ3) is 10.6. The molecule has 0 saturated carbocycles. The van der Waals surface area contributed by atoms with Crippen molar-refractivity contribution in [2.24, 2.45) is 0 Å². The van der Waals surface area contributed by atoms with Gasteiger partial charge in [-0.3, -0.25) is 0 Å². The Morgan fingerprint density at radius 1 is 0.600 bits per heavy atom. The minimum absolute atomic E-state index is 1.44. The second kappa shape index (κ2) is 4.70. The van der Waals surface area contributed by atoms with Crippen LogP contribution in [0.25, 0.3) is 0 Å². The molecule has 0 amide bonds. The molecule has 0 aromatic heterocycles. The Hall–Kier alpha value is 2.57. The Morgan fingerprint density at radius 3 is 0.900 bits per heavy atom. The quantitative estimate of drug-likeness (QED) is 0.634. The van der Waals surface area contributed by atoms with Gasteiger partial charge < -0.3 is 0 Å². The molecule has 0 aromatic rings. The van der Waals surface area contributed by atoms with Crippen LogP contribution in [0.1, 0.15) is 0 Å². The second-order valence-electron chi connectivity index (χ2n) is 1.42. The van der Waals surface area contributed by atoms with Gasteiger partial charge in [0.05, 0.1) is 0 Å². The topological polar surface area (TPSA) is 0 Å². The van der Waals surface area contributed by atoms with Gasteiger partial charge in [-0.25, -0.2) is 0 Å². The second-order valence-corrected chi connectivity index (χ2v) is 32.0. The van der Waals surface area contributed by atoms with Crippen LogP contribution >= 0.6 is 60.1 Å². The summed E-state index contributed by atoms with van der Waals surface area (Å²) in [6, 6.07) is 0. The van der Waals surface area contributed by atoms with Crippen molar-refractivity contribution < 1.29 is 0 Å². The van der Waals surface area contributed by atoms with E-state index in [2.05, 4.69) is 0 Å². The number of hydrogen-bond donors (Lipinski definition) is 0. The molecular formula is C2H2Cl6Ge2. The van der Waals surface area contributed by atoms with Gasteiger partial charge in [-0.1, -0.05) is 0 Å². The van der Waals surface area contributed by atoms with E-state index in [1.165, 1.54) is 9.82 Å². The summed E-state index contributed by atoms with van der Waals surface area (Å²) in [6.07, 6.45) is 0. The molecule has 0 radical (unpaired) electrons.